The van der Waals surface area contributed by atoms with Gasteiger partial charge in [0.1, 0.15) is 5.84 Å². The van der Waals surface area contributed by atoms with E-state index in [2.05, 4.69) is 15.6 Å². The number of rotatable bonds is 9. The number of hydrogen-bond donors (Lipinski definition) is 2. The van der Waals surface area contributed by atoms with Gasteiger partial charge in [-0.2, -0.15) is 17.5 Å². The highest BCUT2D eigenvalue weighted by Gasteiger charge is 2.75. The molecular weight excluding hydrogens is 588 g/mol. The van der Waals surface area contributed by atoms with E-state index in [1.165, 1.54) is 28.6 Å². The minimum atomic E-state index is -4.37. The number of benzene rings is 2. The van der Waals surface area contributed by atoms with Gasteiger partial charge in [0.25, 0.3) is 0 Å². The highest BCUT2D eigenvalue weighted by Crippen LogP contribution is 2.71. The second-order valence-corrected chi connectivity index (χ2v) is 14.2. The van der Waals surface area contributed by atoms with Crippen molar-refractivity contribution in [2.45, 2.75) is 74.3 Å². The average Bonchev–Trinajstić information content (AvgIpc) is 3.12. The van der Waals surface area contributed by atoms with Crippen LogP contribution in [0, 0.1) is 5.41 Å². The fourth-order valence-electron chi connectivity index (χ4n) is 6.02. The SMILES string of the molecule is CC1(C)NC(C23CC(N(Cc4ccc(Cl)cc4)S(=O)(=O)c4ccc(Cl)cc4)(C2)C3)=N[C@H]1C(=O)NCCC(F)(F)F. The van der Waals surface area contributed by atoms with Gasteiger partial charge in [-0.25, -0.2) is 8.42 Å². The molecule has 0 aromatic heterocycles. The van der Waals surface area contributed by atoms with Gasteiger partial charge in [0.15, 0.2) is 6.04 Å². The molecule has 2 bridgehead atoms. The Morgan fingerprint density at radius 1 is 1.05 bits per heavy atom. The van der Waals surface area contributed by atoms with E-state index in [9.17, 15) is 26.4 Å². The summed E-state index contributed by atoms with van der Waals surface area (Å²) < 4.78 is 66.9. The lowest BCUT2D eigenvalue weighted by atomic mass is 9.38. The summed E-state index contributed by atoms with van der Waals surface area (Å²) in [5.41, 5.74) is -1.08. The van der Waals surface area contributed by atoms with Gasteiger partial charge in [0.2, 0.25) is 15.9 Å². The minimum absolute atomic E-state index is 0.137. The molecule has 4 aliphatic rings. The van der Waals surface area contributed by atoms with Crippen LogP contribution < -0.4 is 10.6 Å². The fraction of sp³-hybridized carbons (Fsp3) is 0.481. The third-order valence-electron chi connectivity index (χ3n) is 8.01. The van der Waals surface area contributed by atoms with Crippen molar-refractivity contribution in [1.29, 1.82) is 0 Å². The first-order chi connectivity index (χ1) is 18.6. The van der Waals surface area contributed by atoms with Crippen LogP contribution in [0.2, 0.25) is 10.0 Å². The van der Waals surface area contributed by atoms with Crippen molar-refractivity contribution in [3.8, 4) is 0 Å². The van der Waals surface area contributed by atoms with Crippen molar-refractivity contribution in [3.63, 3.8) is 0 Å². The van der Waals surface area contributed by atoms with Crippen molar-refractivity contribution in [1.82, 2.24) is 14.9 Å². The molecule has 0 saturated heterocycles. The number of carbonyl (C=O) groups is 1. The van der Waals surface area contributed by atoms with Gasteiger partial charge < -0.3 is 10.6 Å². The average molecular weight is 618 g/mol. The molecule has 1 heterocycles. The lowest BCUT2D eigenvalue weighted by molar-refractivity contribution is -0.151. The van der Waals surface area contributed by atoms with E-state index >= 15 is 0 Å². The quantitative estimate of drug-likeness (QED) is 0.399. The number of nitrogens with one attached hydrogen (secondary N) is 2. The summed E-state index contributed by atoms with van der Waals surface area (Å²) in [6, 6.07) is 12.2. The summed E-state index contributed by atoms with van der Waals surface area (Å²) in [5.74, 6) is 0.0263. The van der Waals surface area contributed by atoms with Gasteiger partial charge in [0, 0.05) is 34.1 Å². The molecule has 3 fully saturated rings. The van der Waals surface area contributed by atoms with E-state index in [1.807, 2.05) is 0 Å². The van der Waals surface area contributed by atoms with E-state index in [0.29, 0.717) is 35.1 Å². The van der Waals surface area contributed by atoms with Crippen molar-refractivity contribution in [3.05, 3.63) is 64.1 Å². The Hall–Kier alpha value is -2.34. The van der Waals surface area contributed by atoms with Gasteiger partial charge >= 0.3 is 6.18 Å². The van der Waals surface area contributed by atoms with Crippen LogP contribution in [0.15, 0.2) is 58.4 Å². The Bertz CT molecular complexity index is 1430. The summed E-state index contributed by atoms with van der Waals surface area (Å²) in [5, 5.41) is 6.63. The first kappa shape index (κ1) is 29.2. The topological polar surface area (TPSA) is 90.9 Å². The maximum Gasteiger partial charge on any atom is 0.390 e. The highest BCUT2D eigenvalue weighted by atomic mass is 35.5. The van der Waals surface area contributed by atoms with Crippen molar-refractivity contribution in [2.75, 3.05) is 6.54 Å². The number of carbonyl (C=O) groups excluding carboxylic acids is 1. The third kappa shape index (κ3) is 5.33. The van der Waals surface area contributed by atoms with Gasteiger partial charge in [-0.1, -0.05) is 35.3 Å². The normalized spacial score (nSPS) is 26.9. The van der Waals surface area contributed by atoms with Crippen molar-refractivity contribution < 1.29 is 26.4 Å². The number of hydrogen-bond acceptors (Lipinski definition) is 5. The number of halogens is 5. The van der Waals surface area contributed by atoms with Gasteiger partial charge in [0.05, 0.1) is 16.9 Å². The summed E-state index contributed by atoms with van der Waals surface area (Å²) in [4.78, 5) is 17.5. The largest absolute Gasteiger partial charge is 0.390 e. The Morgan fingerprint density at radius 3 is 2.15 bits per heavy atom. The molecule has 13 heteroatoms. The zero-order chi connectivity index (χ0) is 29.1. The van der Waals surface area contributed by atoms with E-state index in [1.54, 1.807) is 38.1 Å². The zero-order valence-electron chi connectivity index (χ0n) is 21.9. The zero-order valence-corrected chi connectivity index (χ0v) is 24.2. The second kappa shape index (κ2) is 9.89. The number of nitrogens with zero attached hydrogens (tertiary/aromatic N) is 2. The molecule has 0 spiro atoms. The summed E-state index contributed by atoms with van der Waals surface area (Å²) in [6.45, 7) is 3.18. The van der Waals surface area contributed by atoms with E-state index in [-0.39, 0.29) is 11.4 Å². The third-order valence-corrected chi connectivity index (χ3v) is 10.5. The number of alkyl halides is 3. The van der Waals surface area contributed by atoms with E-state index in [4.69, 9.17) is 23.2 Å². The molecule has 1 aliphatic heterocycles. The molecule has 3 aliphatic carbocycles. The Labute approximate surface area is 241 Å². The van der Waals surface area contributed by atoms with Crippen LogP contribution >= 0.6 is 23.2 Å². The van der Waals surface area contributed by atoms with Gasteiger partial charge in [-0.05, 0) is 75.1 Å². The molecule has 7 nitrogen and oxygen atoms in total. The molecule has 2 aromatic rings. The monoisotopic (exact) mass is 616 g/mol. The lowest BCUT2D eigenvalue weighted by Gasteiger charge is -2.73. The molecule has 216 valence electrons. The molecule has 1 atom stereocenters. The van der Waals surface area contributed by atoms with Crippen LogP contribution in [0.25, 0.3) is 0 Å². The van der Waals surface area contributed by atoms with Crippen LogP contribution in [-0.2, 0) is 21.4 Å². The van der Waals surface area contributed by atoms with Crippen molar-refractivity contribution >= 4 is 45.0 Å². The molecule has 1 amide bonds. The smallest absolute Gasteiger partial charge is 0.366 e. The maximum absolute atomic E-state index is 13.9. The summed E-state index contributed by atoms with van der Waals surface area (Å²) in [7, 11) is -3.90. The first-order valence-corrected chi connectivity index (χ1v) is 15.0. The Kier molecular flexibility index (Phi) is 7.21. The second-order valence-electron chi connectivity index (χ2n) is 11.5. The summed E-state index contributed by atoms with van der Waals surface area (Å²) >= 11 is 12.0. The van der Waals surface area contributed by atoms with Crippen LogP contribution in [-0.4, -0.2) is 54.3 Å². The minimum Gasteiger partial charge on any atom is -0.366 e. The number of aliphatic imine (C=N–C) groups is 1. The molecule has 3 saturated carbocycles. The molecule has 0 radical (unpaired) electrons. The molecule has 40 heavy (non-hydrogen) atoms. The fourth-order valence-corrected chi connectivity index (χ4v) is 8.03. The number of amides is 1. The van der Waals surface area contributed by atoms with Crippen LogP contribution in [0.3, 0.4) is 0 Å². The van der Waals surface area contributed by atoms with Crippen molar-refractivity contribution in [2.24, 2.45) is 10.4 Å². The van der Waals surface area contributed by atoms with Crippen LogP contribution in [0.4, 0.5) is 13.2 Å². The molecule has 2 N–H and O–H groups in total. The maximum atomic E-state index is 13.9. The van der Waals surface area contributed by atoms with E-state index in [0.717, 1.165) is 5.56 Å². The predicted molar refractivity (Wildman–Crippen MR) is 147 cm³/mol. The van der Waals surface area contributed by atoms with Crippen LogP contribution in [0.1, 0.15) is 45.1 Å². The van der Waals surface area contributed by atoms with E-state index < -0.39 is 57.6 Å². The first-order valence-electron chi connectivity index (χ1n) is 12.8. The van der Waals surface area contributed by atoms with Crippen LogP contribution in [0.5, 0.6) is 0 Å². The highest BCUT2D eigenvalue weighted by molar-refractivity contribution is 7.89. The Morgan fingerprint density at radius 2 is 1.60 bits per heavy atom. The molecule has 2 aromatic carbocycles. The molecular formula is C27H29Cl2F3N4O3S. The van der Waals surface area contributed by atoms with Gasteiger partial charge in [-0.15, -0.1) is 0 Å². The molecule has 0 unspecified atom stereocenters. The Balaban J connectivity index is 1.36. The van der Waals surface area contributed by atoms with Gasteiger partial charge in [-0.3, -0.25) is 9.79 Å². The standard InChI is InChI=1S/C27H29Cl2F3N4O3S/c1-24(2)21(22(37)33-12-11-27(30,31)32)34-23(35-24)25-14-26(15-25,16-25)36(13-17-3-5-18(28)6-4-17)40(38,39)20-9-7-19(29)8-10-20/h3-10,21H,11-16H2,1-2H3,(H,33,37)(H,34,35)/t21-,25?,26?/m0/s1. The predicted octanol–water partition coefficient (Wildman–Crippen LogP) is 5.32. The lowest BCUT2D eigenvalue weighted by Crippen LogP contribution is -2.78. The number of sulfonamides is 1. The molecule has 6 rings (SSSR count). The number of amidine groups is 1. The summed E-state index contributed by atoms with van der Waals surface area (Å²) in [6.07, 6.45) is -3.97.